The average Bonchev–Trinajstić information content (AvgIpc) is 2.76. The summed E-state index contributed by atoms with van der Waals surface area (Å²) in [6, 6.07) is 15.5. The number of likely N-dealkylation sites (N-methyl/N-ethyl adjacent to an activating group) is 1. The maximum absolute atomic E-state index is 12.7. The number of primary amides is 1. The van der Waals surface area contributed by atoms with E-state index in [4.69, 9.17) is 10.5 Å². The molecule has 3 amide bonds. The molecular formula is C23H27N3O4. The van der Waals surface area contributed by atoms with E-state index in [9.17, 15) is 14.4 Å². The van der Waals surface area contributed by atoms with Crippen LogP contribution in [0.2, 0.25) is 0 Å². The van der Waals surface area contributed by atoms with E-state index >= 15 is 0 Å². The summed E-state index contributed by atoms with van der Waals surface area (Å²) < 4.78 is 5.24. The Morgan fingerprint density at radius 3 is 2.57 bits per heavy atom. The Labute approximate surface area is 176 Å². The quantitative estimate of drug-likeness (QED) is 0.685. The first-order chi connectivity index (χ1) is 14.5. The second-order valence-corrected chi connectivity index (χ2v) is 7.47. The normalized spacial score (nSPS) is 16.1. The highest BCUT2D eigenvalue weighted by molar-refractivity contribution is 5.85. The summed E-state index contributed by atoms with van der Waals surface area (Å²) in [5.74, 6) is -0.981. The van der Waals surface area contributed by atoms with Gasteiger partial charge in [-0.25, -0.2) is 9.59 Å². The number of nitrogens with one attached hydrogen (secondary N) is 1. The monoisotopic (exact) mass is 409 g/mol. The van der Waals surface area contributed by atoms with Crippen molar-refractivity contribution in [2.75, 3.05) is 13.7 Å². The molecule has 0 saturated carbocycles. The molecular weight excluding hydrogens is 382 g/mol. The maximum Gasteiger partial charge on any atom is 0.329 e. The minimum Gasteiger partial charge on any atom is -0.454 e. The second-order valence-electron chi connectivity index (χ2n) is 7.47. The van der Waals surface area contributed by atoms with Crippen LogP contribution in [0.3, 0.4) is 0 Å². The summed E-state index contributed by atoms with van der Waals surface area (Å²) in [4.78, 5) is 38.2. The highest BCUT2D eigenvalue weighted by atomic mass is 16.5. The van der Waals surface area contributed by atoms with Gasteiger partial charge in [0.2, 0.25) is 0 Å². The molecule has 0 radical (unpaired) electrons. The highest BCUT2D eigenvalue weighted by Gasteiger charge is 2.28. The van der Waals surface area contributed by atoms with Gasteiger partial charge in [0.1, 0.15) is 6.04 Å². The fraction of sp³-hybridized carbons (Fsp3) is 0.348. The molecule has 1 aliphatic rings. The average molecular weight is 409 g/mol. The van der Waals surface area contributed by atoms with Crippen molar-refractivity contribution in [3.63, 3.8) is 0 Å². The molecule has 0 heterocycles. The highest BCUT2D eigenvalue weighted by Crippen LogP contribution is 2.33. The van der Waals surface area contributed by atoms with Crippen molar-refractivity contribution in [2.24, 2.45) is 5.73 Å². The van der Waals surface area contributed by atoms with Gasteiger partial charge in [0.25, 0.3) is 5.91 Å². The van der Waals surface area contributed by atoms with Gasteiger partial charge in [-0.2, -0.15) is 0 Å². The predicted octanol–water partition coefficient (Wildman–Crippen LogP) is 2.35. The lowest BCUT2D eigenvalue weighted by atomic mass is 9.87. The predicted molar refractivity (Wildman–Crippen MR) is 113 cm³/mol. The van der Waals surface area contributed by atoms with Crippen LogP contribution in [0.5, 0.6) is 0 Å². The van der Waals surface area contributed by atoms with Gasteiger partial charge in [0.15, 0.2) is 6.61 Å². The van der Waals surface area contributed by atoms with E-state index in [1.54, 1.807) is 11.9 Å². The third-order valence-electron chi connectivity index (χ3n) is 5.42. The Hall–Kier alpha value is -3.35. The molecule has 2 aromatic carbocycles. The molecule has 2 atom stereocenters. The molecule has 0 fully saturated rings. The fourth-order valence-electron chi connectivity index (χ4n) is 3.85. The van der Waals surface area contributed by atoms with Crippen molar-refractivity contribution in [1.82, 2.24) is 10.2 Å². The standard InChI is InChI=1S/C23H27N3O4/c1-26(20-13-7-11-17-10-5-6-12-18(17)20)21(27)15-30-22(28)19(25-23(24)29)14-16-8-3-2-4-9-16/h2-6,8-10,12,19-20H,7,11,13-15H2,1H3,(H3,24,25,29)/t19-,20+/m0/s1. The number of fused-ring (bicyclic) bond motifs is 1. The van der Waals surface area contributed by atoms with Crippen LogP contribution in [0.4, 0.5) is 4.79 Å². The molecule has 7 nitrogen and oxygen atoms in total. The maximum atomic E-state index is 12.7. The van der Waals surface area contributed by atoms with E-state index in [0.29, 0.717) is 0 Å². The summed E-state index contributed by atoms with van der Waals surface area (Å²) in [6.07, 6.45) is 3.10. The number of aryl methyl sites for hydroxylation is 1. The second kappa shape index (κ2) is 9.91. The molecule has 158 valence electrons. The minimum atomic E-state index is -0.960. The van der Waals surface area contributed by atoms with Crippen molar-refractivity contribution in [1.29, 1.82) is 0 Å². The van der Waals surface area contributed by atoms with Crippen LogP contribution in [-0.4, -0.2) is 42.5 Å². The number of ether oxygens (including phenoxy) is 1. The number of esters is 1. The Morgan fingerprint density at radius 1 is 1.13 bits per heavy atom. The lowest BCUT2D eigenvalue weighted by Crippen LogP contribution is -2.46. The van der Waals surface area contributed by atoms with Crippen molar-refractivity contribution in [2.45, 2.75) is 37.8 Å². The molecule has 1 aliphatic carbocycles. The van der Waals surface area contributed by atoms with E-state index < -0.39 is 18.0 Å². The Kier molecular flexibility index (Phi) is 7.06. The molecule has 0 spiro atoms. The third kappa shape index (κ3) is 5.37. The van der Waals surface area contributed by atoms with Crippen LogP contribution in [0.15, 0.2) is 54.6 Å². The summed E-state index contributed by atoms with van der Waals surface area (Å²) in [6.45, 7) is -0.389. The van der Waals surface area contributed by atoms with E-state index in [-0.39, 0.29) is 25.0 Å². The SMILES string of the molecule is CN(C(=O)COC(=O)[C@H](Cc1ccccc1)NC(N)=O)[C@@H]1CCCc2ccccc21. The molecule has 0 bridgehead atoms. The van der Waals surface area contributed by atoms with Crippen molar-refractivity contribution in [3.05, 3.63) is 71.3 Å². The number of hydrogen-bond donors (Lipinski definition) is 2. The number of urea groups is 1. The number of rotatable bonds is 7. The third-order valence-corrected chi connectivity index (χ3v) is 5.42. The molecule has 7 heteroatoms. The first-order valence-corrected chi connectivity index (χ1v) is 10.1. The van der Waals surface area contributed by atoms with Gasteiger partial charge in [0, 0.05) is 13.5 Å². The van der Waals surface area contributed by atoms with Crippen LogP contribution in [0.25, 0.3) is 0 Å². The zero-order valence-corrected chi connectivity index (χ0v) is 17.0. The van der Waals surface area contributed by atoms with Gasteiger partial charge in [-0.1, -0.05) is 54.6 Å². The van der Waals surface area contributed by atoms with E-state index in [1.807, 2.05) is 48.5 Å². The van der Waals surface area contributed by atoms with Gasteiger partial charge in [0.05, 0.1) is 6.04 Å². The summed E-state index contributed by atoms with van der Waals surface area (Å²) in [7, 11) is 1.73. The van der Waals surface area contributed by atoms with Crippen LogP contribution >= 0.6 is 0 Å². The molecule has 3 N–H and O–H groups in total. The largest absolute Gasteiger partial charge is 0.454 e. The van der Waals surface area contributed by atoms with Crippen molar-refractivity contribution >= 4 is 17.9 Å². The van der Waals surface area contributed by atoms with Gasteiger partial charge >= 0.3 is 12.0 Å². The van der Waals surface area contributed by atoms with Gasteiger partial charge < -0.3 is 20.7 Å². The van der Waals surface area contributed by atoms with Gasteiger partial charge in [-0.15, -0.1) is 0 Å². The summed E-state index contributed by atoms with van der Waals surface area (Å²) in [5.41, 5.74) is 8.43. The molecule has 2 aromatic rings. The number of carbonyl (C=O) groups excluding carboxylic acids is 3. The van der Waals surface area contributed by atoms with Gasteiger partial charge in [-0.3, -0.25) is 4.79 Å². The molecule has 30 heavy (non-hydrogen) atoms. The zero-order valence-electron chi connectivity index (χ0n) is 17.0. The number of nitrogens with zero attached hydrogens (tertiary/aromatic N) is 1. The number of benzene rings is 2. The first-order valence-electron chi connectivity index (χ1n) is 10.1. The Morgan fingerprint density at radius 2 is 1.83 bits per heavy atom. The Balaban J connectivity index is 1.61. The van der Waals surface area contributed by atoms with Crippen LogP contribution in [0, 0.1) is 0 Å². The van der Waals surface area contributed by atoms with Crippen molar-refractivity contribution < 1.29 is 19.1 Å². The lowest BCUT2D eigenvalue weighted by Gasteiger charge is -2.33. The molecule has 0 unspecified atom stereocenters. The molecule has 0 aliphatic heterocycles. The number of amides is 3. The molecule has 0 saturated heterocycles. The Bertz CT molecular complexity index is 900. The molecule has 3 rings (SSSR count). The smallest absolute Gasteiger partial charge is 0.329 e. The summed E-state index contributed by atoms with van der Waals surface area (Å²) in [5, 5.41) is 2.40. The fourth-order valence-corrected chi connectivity index (χ4v) is 3.85. The number of hydrogen-bond acceptors (Lipinski definition) is 4. The topological polar surface area (TPSA) is 102 Å². The van der Waals surface area contributed by atoms with Crippen LogP contribution in [0.1, 0.15) is 35.6 Å². The summed E-state index contributed by atoms with van der Waals surface area (Å²) >= 11 is 0. The van der Waals surface area contributed by atoms with E-state index in [2.05, 4.69) is 11.4 Å². The lowest BCUT2D eigenvalue weighted by molar-refractivity contribution is -0.154. The van der Waals surface area contributed by atoms with E-state index in [0.717, 1.165) is 30.4 Å². The van der Waals surface area contributed by atoms with Gasteiger partial charge in [-0.05, 0) is 36.0 Å². The number of nitrogens with two attached hydrogens (primary N) is 1. The number of carbonyl (C=O) groups is 3. The van der Waals surface area contributed by atoms with Crippen LogP contribution < -0.4 is 11.1 Å². The van der Waals surface area contributed by atoms with E-state index in [1.165, 1.54) is 5.56 Å². The van der Waals surface area contributed by atoms with Crippen LogP contribution in [-0.2, 0) is 27.2 Å². The molecule has 0 aromatic heterocycles. The zero-order chi connectivity index (χ0) is 21.5. The van der Waals surface area contributed by atoms with Crippen molar-refractivity contribution in [3.8, 4) is 0 Å². The minimum absolute atomic E-state index is 0.0370. The first kappa shape index (κ1) is 21.4.